The highest BCUT2D eigenvalue weighted by Gasteiger charge is 2.35. The number of benzene rings is 1. The molecule has 2 nitrogen and oxygen atoms in total. The fraction of sp³-hybridized carbons (Fsp3) is 0.364. The summed E-state index contributed by atoms with van der Waals surface area (Å²) in [5.74, 6) is 0.529. The van der Waals surface area contributed by atoms with Gasteiger partial charge in [-0.3, -0.25) is 4.79 Å². The van der Waals surface area contributed by atoms with Crippen molar-refractivity contribution in [2.24, 2.45) is 0 Å². The molecule has 0 saturated heterocycles. The SMILES string of the molecule is CC1(C)CC(=O)Oc2cccc(Br)c21. The van der Waals surface area contributed by atoms with Crippen molar-refractivity contribution in [3.05, 3.63) is 28.2 Å². The first-order chi connectivity index (χ1) is 6.50. The van der Waals surface area contributed by atoms with Gasteiger partial charge in [-0.25, -0.2) is 0 Å². The first-order valence-electron chi connectivity index (χ1n) is 4.50. The van der Waals surface area contributed by atoms with Gasteiger partial charge in [0.25, 0.3) is 0 Å². The fourth-order valence-corrected chi connectivity index (χ4v) is 2.74. The van der Waals surface area contributed by atoms with Gasteiger partial charge in [0.2, 0.25) is 0 Å². The lowest BCUT2D eigenvalue weighted by molar-refractivity contribution is -0.136. The van der Waals surface area contributed by atoms with E-state index in [1.165, 1.54) is 0 Å². The van der Waals surface area contributed by atoms with Crippen LogP contribution in [0, 0.1) is 0 Å². The van der Waals surface area contributed by atoms with Crippen LogP contribution >= 0.6 is 15.9 Å². The molecule has 2 rings (SSSR count). The molecular weight excluding hydrogens is 244 g/mol. The molecule has 0 N–H and O–H groups in total. The Morgan fingerprint density at radius 2 is 2.14 bits per heavy atom. The van der Waals surface area contributed by atoms with Crippen LogP contribution in [0.2, 0.25) is 0 Å². The third-order valence-electron chi connectivity index (χ3n) is 2.46. The van der Waals surface area contributed by atoms with E-state index < -0.39 is 0 Å². The fourth-order valence-electron chi connectivity index (χ4n) is 1.85. The monoisotopic (exact) mass is 254 g/mol. The highest BCUT2D eigenvalue weighted by Crippen LogP contribution is 2.42. The van der Waals surface area contributed by atoms with Gasteiger partial charge in [-0.2, -0.15) is 0 Å². The van der Waals surface area contributed by atoms with Crippen LogP contribution in [0.5, 0.6) is 5.75 Å². The van der Waals surface area contributed by atoms with Crippen LogP contribution in [0.3, 0.4) is 0 Å². The Morgan fingerprint density at radius 1 is 1.43 bits per heavy atom. The van der Waals surface area contributed by atoms with Crippen LogP contribution in [0.4, 0.5) is 0 Å². The summed E-state index contributed by atoms with van der Waals surface area (Å²) in [4.78, 5) is 11.3. The van der Waals surface area contributed by atoms with Gasteiger partial charge in [0.15, 0.2) is 0 Å². The molecule has 1 heterocycles. The van der Waals surface area contributed by atoms with E-state index in [-0.39, 0.29) is 11.4 Å². The molecule has 0 spiro atoms. The number of esters is 1. The van der Waals surface area contributed by atoms with Crippen molar-refractivity contribution < 1.29 is 9.53 Å². The normalized spacial score (nSPS) is 18.6. The third-order valence-corrected chi connectivity index (χ3v) is 3.12. The molecule has 0 aliphatic carbocycles. The second-order valence-corrected chi connectivity index (χ2v) is 5.00. The molecule has 0 amide bonds. The van der Waals surface area contributed by atoms with Crippen molar-refractivity contribution in [2.75, 3.05) is 0 Å². The molecular formula is C11H11BrO2. The number of rotatable bonds is 0. The Bertz CT molecular complexity index is 396. The molecule has 1 aromatic rings. The maximum Gasteiger partial charge on any atom is 0.312 e. The van der Waals surface area contributed by atoms with Crippen molar-refractivity contribution in [3.63, 3.8) is 0 Å². The molecule has 0 aromatic heterocycles. The molecule has 0 fully saturated rings. The number of carbonyl (C=O) groups excluding carboxylic acids is 1. The molecule has 14 heavy (non-hydrogen) atoms. The van der Waals surface area contributed by atoms with E-state index in [1.54, 1.807) is 0 Å². The van der Waals surface area contributed by atoms with Crippen molar-refractivity contribution >= 4 is 21.9 Å². The largest absolute Gasteiger partial charge is 0.426 e. The Labute approximate surface area is 91.4 Å². The lowest BCUT2D eigenvalue weighted by atomic mass is 9.79. The first-order valence-corrected chi connectivity index (χ1v) is 5.30. The maximum atomic E-state index is 11.3. The van der Waals surface area contributed by atoms with Gasteiger partial charge in [0.1, 0.15) is 5.75 Å². The third kappa shape index (κ3) is 1.46. The smallest absolute Gasteiger partial charge is 0.312 e. The number of halogens is 1. The van der Waals surface area contributed by atoms with E-state index in [0.29, 0.717) is 12.2 Å². The van der Waals surface area contributed by atoms with Crippen molar-refractivity contribution in [3.8, 4) is 5.75 Å². The minimum absolute atomic E-state index is 0.148. The van der Waals surface area contributed by atoms with Crippen molar-refractivity contribution in [2.45, 2.75) is 25.7 Å². The van der Waals surface area contributed by atoms with Crippen molar-refractivity contribution in [1.82, 2.24) is 0 Å². The van der Waals surface area contributed by atoms with Crippen LogP contribution in [0.1, 0.15) is 25.8 Å². The quantitative estimate of drug-likeness (QED) is 0.526. The average molecular weight is 255 g/mol. The summed E-state index contributed by atoms with van der Waals surface area (Å²) in [6.45, 7) is 4.11. The summed E-state index contributed by atoms with van der Waals surface area (Å²) in [6.07, 6.45) is 0.433. The van der Waals surface area contributed by atoms with Crippen LogP contribution < -0.4 is 4.74 Å². The number of hydrogen-bond donors (Lipinski definition) is 0. The van der Waals surface area contributed by atoms with Crippen LogP contribution in [0.25, 0.3) is 0 Å². The number of carbonyl (C=O) groups is 1. The topological polar surface area (TPSA) is 26.3 Å². The molecule has 1 aromatic carbocycles. The average Bonchev–Trinajstić information content (AvgIpc) is 2.00. The summed E-state index contributed by atoms with van der Waals surface area (Å²) in [7, 11) is 0. The molecule has 0 saturated carbocycles. The summed E-state index contributed by atoms with van der Waals surface area (Å²) in [6, 6.07) is 5.68. The summed E-state index contributed by atoms with van der Waals surface area (Å²) >= 11 is 3.49. The van der Waals surface area contributed by atoms with Gasteiger partial charge < -0.3 is 4.74 Å². The first kappa shape index (κ1) is 9.71. The zero-order valence-electron chi connectivity index (χ0n) is 8.13. The lowest BCUT2D eigenvalue weighted by Crippen LogP contribution is -2.31. The number of fused-ring (bicyclic) bond motifs is 1. The molecule has 0 unspecified atom stereocenters. The Hall–Kier alpha value is -0.830. The minimum Gasteiger partial charge on any atom is -0.426 e. The second-order valence-electron chi connectivity index (χ2n) is 4.15. The van der Waals surface area contributed by atoms with Crippen LogP contribution in [0.15, 0.2) is 22.7 Å². The van der Waals surface area contributed by atoms with Gasteiger partial charge in [0, 0.05) is 15.5 Å². The highest BCUT2D eigenvalue weighted by molar-refractivity contribution is 9.10. The number of hydrogen-bond acceptors (Lipinski definition) is 2. The van der Waals surface area contributed by atoms with E-state index in [4.69, 9.17) is 4.74 Å². The molecule has 74 valence electrons. The van der Waals surface area contributed by atoms with Gasteiger partial charge in [-0.05, 0) is 12.1 Å². The molecule has 0 atom stereocenters. The van der Waals surface area contributed by atoms with Gasteiger partial charge in [-0.1, -0.05) is 35.8 Å². The predicted octanol–water partition coefficient (Wildman–Crippen LogP) is 3.04. The highest BCUT2D eigenvalue weighted by atomic mass is 79.9. The predicted molar refractivity (Wildman–Crippen MR) is 57.4 cm³/mol. The molecule has 3 heteroatoms. The summed E-state index contributed by atoms with van der Waals surface area (Å²) < 4.78 is 6.19. The molecule has 1 aliphatic heterocycles. The Balaban J connectivity index is 2.64. The second kappa shape index (κ2) is 3.09. The Morgan fingerprint density at radius 3 is 2.86 bits per heavy atom. The standard InChI is InChI=1S/C11H11BrO2/c1-11(2)6-9(13)14-8-5-3-4-7(12)10(8)11/h3-5H,6H2,1-2H3. The van der Waals surface area contributed by atoms with E-state index >= 15 is 0 Å². The zero-order chi connectivity index (χ0) is 10.3. The van der Waals surface area contributed by atoms with E-state index in [0.717, 1.165) is 10.0 Å². The molecule has 0 radical (unpaired) electrons. The van der Waals surface area contributed by atoms with E-state index in [9.17, 15) is 4.79 Å². The summed E-state index contributed by atoms with van der Waals surface area (Å²) in [5.41, 5.74) is 0.935. The van der Waals surface area contributed by atoms with E-state index in [2.05, 4.69) is 29.8 Å². The molecule has 1 aliphatic rings. The van der Waals surface area contributed by atoms with Crippen LogP contribution in [-0.4, -0.2) is 5.97 Å². The van der Waals surface area contributed by atoms with E-state index in [1.807, 2.05) is 18.2 Å². The maximum absolute atomic E-state index is 11.3. The zero-order valence-corrected chi connectivity index (χ0v) is 9.72. The van der Waals surface area contributed by atoms with Gasteiger partial charge >= 0.3 is 5.97 Å². The Kier molecular flexibility index (Phi) is 2.14. The summed E-state index contributed by atoms with van der Waals surface area (Å²) in [5, 5.41) is 0. The minimum atomic E-state index is -0.152. The molecule has 0 bridgehead atoms. The lowest BCUT2D eigenvalue weighted by Gasteiger charge is -2.31. The van der Waals surface area contributed by atoms with Gasteiger partial charge in [0.05, 0.1) is 6.42 Å². The van der Waals surface area contributed by atoms with Crippen molar-refractivity contribution in [1.29, 1.82) is 0 Å². The number of ether oxygens (including phenoxy) is 1. The van der Waals surface area contributed by atoms with Crippen LogP contribution in [-0.2, 0) is 10.2 Å². The van der Waals surface area contributed by atoms with Gasteiger partial charge in [-0.15, -0.1) is 0 Å².